The number of halogens is 1. The molecule has 0 aliphatic carbocycles. The molecule has 3 aromatic rings. The Balaban J connectivity index is 1.21. The number of aromatic nitrogens is 1. The Kier molecular flexibility index (Phi) is 5.73. The molecule has 2 saturated heterocycles. The minimum Gasteiger partial charge on any atom is -0.491 e. The van der Waals surface area contributed by atoms with Crippen LogP contribution in [0.2, 0.25) is 5.02 Å². The molecule has 2 bridgehead atoms. The molecule has 0 radical (unpaired) electrons. The summed E-state index contributed by atoms with van der Waals surface area (Å²) in [5.74, 6) is 0.557. The van der Waals surface area contributed by atoms with E-state index in [0.717, 1.165) is 34.6 Å². The van der Waals surface area contributed by atoms with Gasteiger partial charge in [0.05, 0.1) is 12.5 Å². The van der Waals surface area contributed by atoms with Gasteiger partial charge in [0.2, 0.25) is 5.06 Å². The molecule has 162 valence electrons. The average molecular weight is 458 g/mol. The molecule has 2 fully saturated rings. The molecule has 6 nitrogen and oxygen atoms in total. The Morgan fingerprint density at radius 2 is 1.97 bits per heavy atom. The van der Waals surface area contributed by atoms with E-state index in [-0.39, 0.29) is 6.04 Å². The maximum absolute atomic E-state index is 12.6. The van der Waals surface area contributed by atoms with Gasteiger partial charge in [0.25, 0.3) is 0 Å². The molecule has 2 atom stereocenters. The predicted molar refractivity (Wildman–Crippen MR) is 122 cm³/mol. The number of benzene rings is 1. The molecule has 1 aromatic carbocycles. The number of hydrogen-bond acceptors (Lipinski definition) is 6. The van der Waals surface area contributed by atoms with E-state index in [0.29, 0.717) is 22.9 Å². The summed E-state index contributed by atoms with van der Waals surface area (Å²) in [7, 11) is 1.58. The van der Waals surface area contributed by atoms with E-state index in [2.05, 4.69) is 27.3 Å². The number of hydrogen-bond donors (Lipinski definition) is 1. The van der Waals surface area contributed by atoms with E-state index in [1.165, 1.54) is 29.7 Å². The lowest BCUT2D eigenvalue weighted by Gasteiger charge is -2.39. The number of pyridine rings is 1. The largest absolute Gasteiger partial charge is 0.491 e. The number of amides is 1. The molecule has 8 heteroatoms. The third kappa shape index (κ3) is 4.22. The van der Waals surface area contributed by atoms with Crippen molar-refractivity contribution in [3.05, 3.63) is 53.2 Å². The van der Waals surface area contributed by atoms with Crippen LogP contribution in [0.3, 0.4) is 0 Å². The number of nitrogens with zero attached hydrogens (tertiary/aromatic N) is 2. The topological polar surface area (TPSA) is 63.7 Å². The van der Waals surface area contributed by atoms with Crippen LogP contribution >= 0.6 is 22.9 Å². The van der Waals surface area contributed by atoms with Crippen LogP contribution in [0.25, 0.3) is 10.2 Å². The first kappa shape index (κ1) is 20.5. The molecule has 4 heterocycles. The fourth-order valence-corrected chi connectivity index (χ4v) is 5.97. The van der Waals surface area contributed by atoms with E-state index in [1.54, 1.807) is 13.3 Å². The van der Waals surface area contributed by atoms with Gasteiger partial charge in [-0.15, -0.1) is 0 Å². The van der Waals surface area contributed by atoms with Crippen LogP contribution in [0, 0.1) is 0 Å². The smallest absolute Gasteiger partial charge is 0.413 e. The van der Waals surface area contributed by atoms with E-state index < -0.39 is 6.09 Å². The highest BCUT2D eigenvalue weighted by Crippen LogP contribution is 2.43. The first-order valence-electron chi connectivity index (χ1n) is 10.5. The van der Waals surface area contributed by atoms with Crippen molar-refractivity contribution in [2.24, 2.45) is 0 Å². The average Bonchev–Trinajstić information content (AvgIpc) is 3.22. The van der Waals surface area contributed by atoms with Crippen LogP contribution in [0.4, 0.5) is 4.79 Å². The minimum atomic E-state index is -0.430. The van der Waals surface area contributed by atoms with Crippen molar-refractivity contribution in [3.63, 3.8) is 0 Å². The number of fused-ring (bicyclic) bond motifs is 3. The summed E-state index contributed by atoms with van der Waals surface area (Å²) in [6, 6.07) is 12.9. The molecule has 2 aliphatic heterocycles. The highest BCUT2D eigenvalue weighted by atomic mass is 35.5. The lowest BCUT2D eigenvalue weighted by atomic mass is 9.96. The minimum absolute atomic E-state index is 0.116. The normalized spacial score (nSPS) is 23.1. The van der Waals surface area contributed by atoms with Crippen molar-refractivity contribution < 1.29 is 14.3 Å². The number of thiophene rings is 1. The van der Waals surface area contributed by atoms with E-state index in [9.17, 15) is 4.79 Å². The first-order valence-corrected chi connectivity index (χ1v) is 11.7. The lowest BCUT2D eigenvalue weighted by molar-refractivity contribution is 0.107. The number of piperidine rings is 1. The van der Waals surface area contributed by atoms with Crippen molar-refractivity contribution in [2.45, 2.75) is 50.4 Å². The maximum atomic E-state index is 12.6. The second-order valence-electron chi connectivity index (χ2n) is 8.16. The van der Waals surface area contributed by atoms with Gasteiger partial charge < -0.3 is 14.8 Å². The number of nitrogens with one attached hydrogen (secondary N) is 1. The number of rotatable bonds is 5. The highest BCUT2D eigenvalue weighted by Gasteiger charge is 2.41. The zero-order valence-corrected chi connectivity index (χ0v) is 18.8. The van der Waals surface area contributed by atoms with Gasteiger partial charge >= 0.3 is 6.09 Å². The predicted octanol–water partition coefficient (Wildman–Crippen LogP) is 5.24. The van der Waals surface area contributed by atoms with Crippen LogP contribution in [0.5, 0.6) is 10.8 Å². The van der Waals surface area contributed by atoms with Gasteiger partial charge in [-0.1, -0.05) is 35.1 Å². The summed E-state index contributed by atoms with van der Waals surface area (Å²) in [6.45, 7) is 0.926. The summed E-state index contributed by atoms with van der Waals surface area (Å²) >= 11 is 7.33. The second kappa shape index (κ2) is 8.65. The number of carbonyl (C=O) groups excluding carboxylic acids is 1. The molecule has 2 aliphatic rings. The monoisotopic (exact) mass is 457 g/mol. The van der Waals surface area contributed by atoms with Gasteiger partial charge in [-0.05, 0) is 55.5 Å². The number of carbonyl (C=O) groups is 1. The molecular formula is C23H24ClN3O3S. The molecule has 1 amide bonds. The zero-order chi connectivity index (χ0) is 21.4. The molecule has 5 rings (SSSR count). The highest BCUT2D eigenvalue weighted by molar-refractivity contribution is 7.20. The molecule has 31 heavy (non-hydrogen) atoms. The van der Waals surface area contributed by atoms with Crippen LogP contribution in [-0.2, 0) is 6.54 Å². The first-order chi connectivity index (χ1) is 15.1. The SMILES string of the molecule is COc1c(OC(=O)NC2CC3CCC(C2)N3Cc2ccc(Cl)cc2)sc2ncccc12. The molecule has 2 unspecified atom stereocenters. The van der Waals surface area contributed by atoms with Gasteiger partial charge in [0.15, 0.2) is 5.75 Å². The lowest BCUT2D eigenvalue weighted by Crippen LogP contribution is -2.50. The van der Waals surface area contributed by atoms with Crippen molar-refractivity contribution >= 4 is 39.2 Å². The molecular weight excluding hydrogens is 434 g/mol. The Morgan fingerprint density at radius 3 is 2.68 bits per heavy atom. The van der Waals surface area contributed by atoms with Crippen molar-refractivity contribution in [3.8, 4) is 10.8 Å². The maximum Gasteiger partial charge on any atom is 0.413 e. The molecule has 0 saturated carbocycles. The Bertz CT molecular complexity index is 1070. The summed E-state index contributed by atoms with van der Waals surface area (Å²) in [5.41, 5.74) is 1.28. The van der Waals surface area contributed by atoms with Gasteiger partial charge in [-0.25, -0.2) is 9.78 Å². The van der Waals surface area contributed by atoms with Gasteiger partial charge in [-0.2, -0.15) is 0 Å². The Hall–Kier alpha value is -2.35. The van der Waals surface area contributed by atoms with Crippen molar-refractivity contribution in [1.29, 1.82) is 0 Å². The van der Waals surface area contributed by atoms with Crippen LogP contribution in [0.15, 0.2) is 42.6 Å². The summed E-state index contributed by atoms with van der Waals surface area (Å²) < 4.78 is 11.1. The quantitative estimate of drug-likeness (QED) is 0.567. The van der Waals surface area contributed by atoms with Gasteiger partial charge in [-0.3, -0.25) is 4.90 Å². The molecule has 2 aromatic heterocycles. The second-order valence-corrected chi connectivity index (χ2v) is 9.56. The standard InChI is InChI=1S/C23H24ClN3O3S/c1-29-20-19-3-2-10-25-21(19)31-22(20)30-23(28)26-16-11-17-8-9-18(12-16)27(17)13-14-4-6-15(24)7-5-14/h2-7,10,16-18H,8-9,11-13H2,1H3,(H,26,28). The number of ether oxygens (including phenoxy) is 2. The van der Waals surface area contributed by atoms with Crippen molar-refractivity contribution in [1.82, 2.24) is 15.2 Å². The molecule has 0 spiro atoms. The Labute approximate surface area is 190 Å². The third-order valence-electron chi connectivity index (χ3n) is 6.26. The summed E-state index contributed by atoms with van der Waals surface area (Å²) in [4.78, 5) is 20.3. The molecule has 1 N–H and O–H groups in total. The van der Waals surface area contributed by atoms with Crippen molar-refractivity contribution in [2.75, 3.05) is 7.11 Å². The van der Waals surface area contributed by atoms with Crippen LogP contribution in [-0.4, -0.2) is 41.2 Å². The van der Waals surface area contributed by atoms with Crippen LogP contribution < -0.4 is 14.8 Å². The van der Waals surface area contributed by atoms with E-state index >= 15 is 0 Å². The van der Waals surface area contributed by atoms with E-state index in [4.69, 9.17) is 21.1 Å². The number of methoxy groups -OCH3 is 1. The zero-order valence-electron chi connectivity index (χ0n) is 17.2. The third-order valence-corrected chi connectivity index (χ3v) is 7.49. The Morgan fingerprint density at radius 1 is 1.23 bits per heavy atom. The summed E-state index contributed by atoms with van der Waals surface area (Å²) in [6.07, 6.45) is 5.49. The van der Waals surface area contributed by atoms with Gasteiger partial charge in [0.1, 0.15) is 4.83 Å². The van der Waals surface area contributed by atoms with E-state index in [1.807, 2.05) is 24.3 Å². The van der Waals surface area contributed by atoms with Gasteiger partial charge in [0, 0.05) is 35.9 Å². The fraction of sp³-hybridized carbons (Fsp3) is 0.391. The van der Waals surface area contributed by atoms with Crippen LogP contribution in [0.1, 0.15) is 31.2 Å². The fourth-order valence-electron chi connectivity index (χ4n) is 4.88. The summed E-state index contributed by atoms with van der Waals surface area (Å²) in [5, 5.41) is 5.14.